The summed E-state index contributed by atoms with van der Waals surface area (Å²) in [6.45, 7) is 1.30. The van der Waals surface area contributed by atoms with Gasteiger partial charge in [-0.1, -0.05) is 12.2 Å². The molecule has 0 bridgehead atoms. The molecule has 0 fully saturated rings. The number of anilines is 1. The van der Waals surface area contributed by atoms with Crippen LogP contribution in [0.5, 0.6) is 0 Å². The lowest BCUT2D eigenvalue weighted by Gasteiger charge is -2.33. The Morgan fingerprint density at radius 3 is 2.85 bits per heavy atom. The van der Waals surface area contributed by atoms with E-state index in [0.29, 0.717) is 12.4 Å². The second-order valence-corrected chi connectivity index (χ2v) is 7.42. The highest BCUT2D eigenvalue weighted by Crippen LogP contribution is 2.30. The van der Waals surface area contributed by atoms with Crippen LogP contribution in [0.4, 0.5) is 5.82 Å². The molecule has 1 aliphatic heterocycles. The number of carbonyl (C=O) groups excluding carboxylic acids is 1. The van der Waals surface area contributed by atoms with Gasteiger partial charge in [-0.15, -0.1) is 0 Å². The first-order chi connectivity index (χ1) is 13.1. The van der Waals surface area contributed by atoms with Gasteiger partial charge in [0.2, 0.25) is 5.91 Å². The average molecular weight is 363 g/mol. The molecule has 0 N–H and O–H groups in total. The van der Waals surface area contributed by atoms with Crippen LogP contribution < -0.4 is 4.90 Å². The summed E-state index contributed by atoms with van der Waals surface area (Å²) in [5.74, 6) is 1.98. The third-order valence-electron chi connectivity index (χ3n) is 5.32. The molecule has 2 aliphatic rings. The van der Waals surface area contributed by atoms with Crippen molar-refractivity contribution in [2.24, 2.45) is 5.92 Å². The second-order valence-electron chi connectivity index (χ2n) is 7.42. The molecule has 0 unspecified atom stereocenters. The molecule has 6 nitrogen and oxygen atoms in total. The summed E-state index contributed by atoms with van der Waals surface area (Å²) in [6.07, 6.45) is 11.4. The summed E-state index contributed by atoms with van der Waals surface area (Å²) < 4.78 is 0. The number of rotatable bonds is 3. The summed E-state index contributed by atoms with van der Waals surface area (Å²) in [6, 6.07) is 3.86. The fourth-order valence-corrected chi connectivity index (χ4v) is 3.87. The molecule has 0 saturated carbocycles. The molecule has 2 aromatic rings. The Hall–Kier alpha value is -2.76. The monoisotopic (exact) mass is 363 g/mol. The predicted molar refractivity (Wildman–Crippen MR) is 105 cm³/mol. The SMILES string of the molecule is CN(C)c1nc(-c2cccnc2)nc2c1CCN(C(=O)[C@H]1CC=CCC1)C2. The topological polar surface area (TPSA) is 62.2 Å². The van der Waals surface area contributed by atoms with Gasteiger partial charge in [-0.25, -0.2) is 9.97 Å². The van der Waals surface area contributed by atoms with Crippen molar-refractivity contribution in [1.82, 2.24) is 19.9 Å². The van der Waals surface area contributed by atoms with Crippen molar-refractivity contribution in [2.75, 3.05) is 25.5 Å². The maximum Gasteiger partial charge on any atom is 0.226 e. The normalized spacial score (nSPS) is 18.9. The zero-order valence-corrected chi connectivity index (χ0v) is 15.9. The maximum atomic E-state index is 13.0. The zero-order valence-electron chi connectivity index (χ0n) is 15.9. The molecule has 1 atom stereocenters. The molecule has 3 heterocycles. The lowest BCUT2D eigenvalue weighted by molar-refractivity contribution is -0.136. The molecule has 0 aromatic carbocycles. The van der Waals surface area contributed by atoms with Gasteiger partial charge in [-0.3, -0.25) is 9.78 Å². The second kappa shape index (κ2) is 7.47. The van der Waals surface area contributed by atoms with Gasteiger partial charge >= 0.3 is 0 Å². The van der Waals surface area contributed by atoms with Gasteiger partial charge in [-0.05, 0) is 37.8 Å². The van der Waals surface area contributed by atoms with Crippen molar-refractivity contribution in [3.05, 3.63) is 47.9 Å². The highest BCUT2D eigenvalue weighted by atomic mass is 16.2. The molecule has 0 spiro atoms. The number of hydrogen-bond donors (Lipinski definition) is 0. The van der Waals surface area contributed by atoms with Crippen molar-refractivity contribution in [1.29, 1.82) is 0 Å². The highest BCUT2D eigenvalue weighted by Gasteiger charge is 2.30. The molecular weight excluding hydrogens is 338 g/mol. The van der Waals surface area contributed by atoms with Crippen LogP contribution in [-0.2, 0) is 17.8 Å². The van der Waals surface area contributed by atoms with Crippen molar-refractivity contribution in [3.63, 3.8) is 0 Å². The van der Waals surface area contributed by atoms with Gasteiger partial charge in [0, 0.05) is 50.1 Å². The molecule has 4 rings (SSSR count). The summed E-state index contributed by atoms with van der Waals surface area (Å²) in [5, 5.41) is 0. The smallest absolute Gasteiger partial charge is 0.226 e. The fraction of sp³-hybridized carbons (Fsp3) is 0.429. The molecule has 1 aliphatic carbocycles. The van der Waals surface area contributed by atoms with E-state index in [1.54, 1.807) is 12.4 Å². The largest absolute Gasteiger partial charge is 0.362 e. The van der Waals surface area contributed by atoms with E-state index in [4.69, 9.17) is 9.97 Å². The first-order valence-electron chi connectivity index (χ1n) is 9.55. The number of amides is 1. The molecule has 6 heteroatoms. The van der Waals surface area contributed by atoms with E-state index in [-0.39, 0.29) is 11.8 Å². The average Bonchev–Trinajstić information content (AvgIpc) is 2.73. The lowest BCUT2D eigenvalue weighted by Crippen LogP contribution is -2.41. The van der Waals surface area contributed by atoms with Crippen molar-refractivity contribution < 1.29 is 4.79 Å². The van der Waals surface area contributed by atoms with Crippen molar-refractivity contribution >= 4 is 11.7 Å². The first kappa shape index (κ1) is 17.6. The number of allylic oxidation sites excluding steroid dienone is 2. The first-order valence-corrected chi connectivity index (χ1v) is 9.55. The van der Waals surface area contributed by atoms with Crippen LogP contribution in [0.25, 0.3) is 11.4 Å². The minimum Gasteiger partial charge on any atom is -0.362 e. The minimum atomic E-state index is 0.115. The highest BCUT2D eigenvalue weighted by molar-refractivity contribution is 5.79. The van der Waals surface area contributed by atoms with E-state index in [9.17, 15) is 4.79 Å². The molecule has 2 aromatic heterocycles. The minimum absolute atomic E-state index is 0.115. The Kier molecular flexibility index (Phi) is 4.88. The van der Waals surface area contributed by atoms with Gasteiger partial charge in [0.15, 0.2) is 5.82 Å². The summed E-state index contributed by atoms with van der Waals surface area (Å²) in [7, 11) is 4.00. The number of nitrogens with zero attached hydrogens (tertiary/aromatic N) is 5. The standard InChI is InChI=1S/C21H25N5O/c1-25(2)20-17-10-12-26(21(27)15-7-4-3-5-8-15)14-18(17)23-19(24-20)16-9-6-11-22-13-16/h3-4,6,9,11,13,15H,5,7-8,10,12,14H2,1-2H3/t15-/m0/s1. The van der Waals surface area contributed by atoms with Crippen LogP contribution >= 0.6 is 0 Å². The van der Waals surface area contributed by atoms with E-state index in [1.807, 2.05) is 36.0 Å². The zero-order chi connectivity index (χ0) is 18.8. The Morgan fingerprint density at radius 1 is 1.26 bits per heavy atom. The fourth-order valence-electron chi connectivity index (χ4n) is 3.87. The van der Waals surface area contributed by atoms with E-state index in [0.717, 1.165) is 54.9 Å². The van der Waals surface area contributed by atoms with Gasteiger partial charge in [0.25, 0.3) is 0 Å². The summed E-state index contributed by atoms with van der Waals surface area (Å²) in [4.78, 5) is 30.8. The molecular formula is C21H25N5O. The van der Waals surface area contributed by atoms with E-state index >= 15 is 0 Å². The van der Waals surface area contributed by atoms with Crippen molar-refractivity contribution in [2.45, 2.75) is 32.2 Å². The van der Waals surface area contributed by atoms with Gasteiger partial charge in [0.1, 0.15) is 5.82 Å². The number of aromatic nitrogens is 3. The Bertz CT molecular complexity index is 862. The Balaban J connectivity index is 1.66. The Morgan fingerprint density at radius 2 is 2.15 bits per heavy atom. The molecule has 0 radical (unpaired) electrons. The van der Waals surface area contributed by atoms with Crippen LogP contribution in [0.3, 0.4) is 0 Å². The van der Waals surface area contributed by atoms with Crippen LogP contribution in [0.2, 0.25) is 0 Å². The van der Waals surface area contributed by atoms with E-state index in [2.05, 4.69) is 17.1 Å². The third kappa shape index (κ3) is 3.56. The quantitative estimate of drug-likeness (QED) is 0.785. The van der Waals surface area contributed by atoms with Crippen molar-refractivity contribution in [3.8, 4) is 11.4 Å². The predicted octanol–water partition coefficient (Wildman–Crippen LogP) is 2.85. The Labute approximate surface area is 160 Å². The molecule has 140 valence electrons. The number of hydrogen-bond acceptors (Lipinski definition) is 5. The maximum absolute atomic E-state index is 13.0. The summed E-state index contributed by atoms with van der Waals surface area (Å²) >= 11 is 0. The van der Waals surface area contributed by atoms with Crippen LogP contribution in [0.1, 0.15) is 30.5 Å². The van der Waals surface area contributed by atoms with E-state index in [1.165, 1.54) is 0 Å². The van der Waals surface area contributed by atoms with Crippen LogP contribution in [0.15, 0.2) is 36.7 Å². The van der Waals surface area contributed by atoms with Gasteiger partial charge in [0.05, 0.1) is 12.2 Å². The molecule has 0 saturated heterocycles. The lowest BCUT2D eigenvalue weighted by atomic mass is 9.92. The van der Waals surface area contributed by atoms with Crippen LogP contribution in [0, 0.1) is 5.92 Å². The summed E-state index contributed by atoms with van der Waals surface area (Å²) in [5.41, 5.74) is 3.00. The third-order valence-corrected chi connectivity index (χ3v) is 5.32. The molecule has 27 heavy (non-hydrogen) atoms. The van der Waals surface area contributed by atoms with Gasteiger partial charge < -0.3 is 9.80 Å². The number of pyridine rings is 1. The van der Waals surface area contributed by atoms with E-state index < -0.39 is 0 Å². The molecule has 1 amide bonds. The number of carbonyl (C=O) groups is 1. The number of fused-ring (bicyclic) bond motifs is 1. The van der Waals surface area contributed by atoms with Crippen LogP contribution in [-0.4, -0.2) is 46.4 Å². The van der Waals surface area contributed by atoms with Gasteiger partial charge in [-0.2, -0.15) is 0 Å².